The monoisotopic (exact) mass is 263 g/mol. The van der Waals surface area contributed by atoms with E-state index < -0.39 is 0 Å². The average Bonchev–Trinajstić information content (AvgIpc) is 2.72. The van der Waals surface area contributed by atoms with Crippen molar-refractivity contribution in [1.29, 1.82) is 0 Å². The first-order valence-corrected chi connectivity index (χ1v) is 6.25. The quantitative estimate of drug-likeness (QED) is 0.758. The minimum atomic E-state index is -0.341. The fourth-order valence-corrected chi connectivity index (χ4v) is 2.08. The first kappa shape index (κ1) is 13.3. The van der Waals surface area contributed by atoms with Crippen molar-refractivity contribution in [2.24, 2.45) is 0 Å². The normalized spacial score (nSPS) is 15.8. The number of nitrogens with zero attached hydrogens (tertiary/aromatic N) is 3. The third-order valence-corrected chi connectivity index (χ3v) is 3.10. The molecule has 0 N–H and O–H groups in total. The number of methoxy groups -OCH3 is 1. The van der Waals surface area contributed by atoms with E-state index in [9.17, 15) is 9.59 Å². The van der Waals surface area contributed by atoms with Gasteiger partial charge in [0.25, 0.3) is 5.91 Å². The molecule has 0 saturated carbocycles. The Kier molecular flexibility index (Phi) is 4.33. The van der Waals surface area contributed by atoms with Crippen LogP contribution < -0.4 is 0 Å². The number of rotatable bonds is 1. The van der Waals surface area contributed by atoms with Crippen molar-refractivity contribution in [3.8, 4) is 0 Å². The van der Waals surface area contributed by atoms with E-state index >= 15 is 0 Å². The summed E-state index contributed by atoms with van der Waals surface area (Å²) < 4.78 is 4.70. The highest BCUT2D eigenvalue weighted by Crippen LogP contribution is 2.08. The van der Waals surface area contributed by atoms with Crippen LogP contribution in [0.2, 0.25) is 0 Å². The lowest BCUT2D eigenvalue weighted by Crippen LogP contribution is -2.37. The molecule has 0 spiro atoms. The molecule has 1 aromatic rings. The molecular weight excluding hydrogens is 246 g/mol. The van der Waals surface area contributed by atoms with E-state index in [1.54, 1.807) is 34.2 Å². The molecule has 6 heteroatoms. The van der Waals surface area contributed by atoms with Crippen molar-refractivity contribution in [1.82, 2.24) is 14.8 Å². The molecule has 1 aromatic heterocycles. The maximum absolute atomic E-state index is 12.2. The maximum atomic E-state index is 12.2. The van der Waals surface area contributed by atoms with Crippen LogP contribution in [0.1, 0.15) is 16.9 Å². The molecule has 0 aromatic carbocycles. The molecule has 0 unspecified atom stereocenters. The molecule has 0 bridgehead atoms. The van der Waals surface area contributed by atoms with Gasteiger partial charge >= 0.3 is 6.09 Å². The molecule has 102 valence electrons. The van der Waals surface area contributed by atoms with Gasteiger partial charge in [0.05, 0.1) is 7.11 Å². The van der Waals surface area contributed by atoms with Gasteiger partial charge < -0.3 is 14.5 Å². The van der Waals surface area contributed by atoms with Gasteiger partial charge in [0.2, 0.25) is 0 Å². The van der Waals surface area contributed by atoms with E-state index in [1.165, 1.54) is 7.11 Å². The topological polar surface area (TPSA) is 62.7 Å². The molecule has 2 heterocycles. The van der Waals surface area contributed by atoms with Crippen LogP contribution in [0.5, 0.6) is 0 Å². The smallest absolute Gasteiger partial charge is 0.409 e. The summed E-state index contributed by atoms with van der Waals surface area (Å²) in [6, 6.07) is 5.27. The van der Waals surface area contributed by atoms with E-state index in [4.69, 9.17) is 4.74 Å². The van der Waals surface area contributed by atoms with Crippen LogP contribution in [-0.2, 0) is 4.74 Å². The average molecular weight is 263 g/mol. The van der Waals surface area contributed by atoms with Crippen LogP contribution in [0.15, 0.2) is 24.4 Å². The summed E-state index contributed by atoms with van der Waals surface area (Å²) in [4.78, 5) is 31.1. The van der Waals surface area contributed by atoms with Crippen molar-refractivity contribution in [3.63, 3.8) is 0 Å². The Morgan fingerprint density at radius 3 is 2.58 bits per heavy atom. The number of ether oxygens (including phenoxy) is 1. The van der Waals surface area contributed by atoms with E-state index in [0.717, 1.165) is 6.42 Å². The largest absolute Gasteiger partial charge is 0.453 e. The minimum absolute atomic E-state index is 0.0904. The first-order chi connectivity index (χ1) is 9.22. The second-order valence-electron chi connectivity index (χ2n) is 4.32. The summed E-state index contributed by atoms with van der Waals surface area (Å²) in [7, 11) is 1.37. The number of hydrogen-bond donors (Lipinski definition) is 0. The van der Waals surface area contributed by atoms with Gasteiger partial charge in [-0.2, -0.15) is 0 Å². The van der Waals surface area contributed by atoms with Gasteiger partial charge in [-0.3, -0.25) is 9.78 Å². The first-order valence-electron chi connectivity index (χ1n) is 6.25. The zero-order valence-electron chi connectivity index (χ0n) is 10.9. The number of aromatic nitrogens is 1. The summed E-state index contributed by atoms with van der Waals surface area (Å²) in [5.41, 5.74) is 0.439. The van der Waals surface area contributed by atoms with E-state index in [-0.39, 0.29) is 12.0 Å². The molecule has 0 radical (unpaired) electrons. The third kappa shape index (κ3) is 3.21. The lowest BCUT2D eigenvalue weighted by molar-refractivity contribution is 0.0751. The van der Waals surface area contributed by atoms with Crippen LogP contribution >= 0.6 is 0 Å². The van der Waals surface area contributed by atoms with Crippen LogP contribution in [0.4, 0.5) is 4.79 Å². The van der Waals surface area contributed by atoms with Crippen molar-refractivity contribution in [3.05, 3.63) is 30.1 Å². The van der Waals surface area contributed by atoms with E-state index in [2.05, 4.69) is 4.98 Å². The molecule has 0 atom stereocenters. The van der Waals surface area contributed by atoms with Crippen LogP contribution in [0.25, 0.3) is 0 Å². The van der Waals surface area contributed by atoms with Gasteiger partial charge in [-0.25, -0.2) is 4.79 Å². The Bertz CT molecular complexity index is 450. The number of carbonyl (C=O) groups is 2. The predicted octanol–water partition coefficient (Wildman–Crippen LogP) is 0.996. The second kappa shape index (κ2) is 6.17. The lowest BCUT2D eigenvalue weighted by atomic mass is 10.3. The van der Waals surface area contributed by atoms with E-state index in [1.807, 2.05) is 0 Å². The molecule has 2 amide bonds. The molecule has 1 saturated heterocycles. The van der Waals surface area contributed by atoms with Gasteiger partial charge in [0.1, 0.15) is 5.69 Å². The van der Waals surface area contributed by atoms with Crippen molar-refractivity contribution in [2.45, 2.75) is 6.42 Å². The molecular formula is C13H17N3O3. The second-order valence-corrected chi connectivity index (χ2v) is 4.32. The Morgan fingerprint density at radius 1 is 1.16 bits per heavy atom. The Morgan fingerprint density at radius 2 is 1.89 bits per heavy atom. The highest BCUT2D eigenvalue weighted by molar-refractivity contribution is 5.92. The molecule has 2 rings (SSSR count). The van der Waals surface area contributed by atoms with Crippen molar-refractivity contribution < 1.29 is 14.3 Å². The fourth-order valence-electron chi connectivity index (χ4n) is 2.08. The van der Waals surface area contributed by atoms with Crippen molar-refractivity contribution >= 4 is 12.0 Å². The van der Waals surface area contributed by atoms with E-state index in [0.29, 0.717) is 31.9 Å². The summed E-state index contributed by atoms with van der Waals surface area (Å²) in [6.07, 6.45) is 2.01. The molecule has 19 heavy (non-hydrogen) atoms. The fraction of sp³-hybridized carbons (Fsp3) is 0.462. The summed E-state index contributed by atoms with van der Waals surface area (Å²) in [6.45, 7) is 2.23. The van der Waals surface area contributed by atoms with Gasteiger partial charge in [-0.15, -0.1) is 0 Å². The summed E-state index contributed by atoms with van der Waals surface area (Å²) >= 11 is 0. The van der Waals surface area contributed by atoms with Gasteiger partial charge in [0, 0.05) is 32.4 Å². The zero-order valence-corrected chi connectivity index (χ0v) is 10.9. The minimum Gasteiger partial charge on any atom is -0.453 e. The Hall–Kier alpha value is -2.11. The van der Waals surface area contributed by atoms with Gasteiger partial charge in [-0.05, 0) is 18.6 Å². The standard InChI is InChI=1S/C13H17N3O3/c1-19-13(18)16-8-4-7-15(9-10-16)12(17)11-5-2-3-6-14-11/h2-3,5-6H,4,7-10H2,1H3. The number of amides is 2. The van der Waals surface area contributed by atoms with Crippen molar-refractivity contribution in [2.75, 3.05) is 33.3 Å². The number of pyridine rings is 1. The SMILES string of the molecule is COC(=O)N1CCCN(C(=O)c2ccccn2)CC1. The highest BCUT2D eigenvalue weighted by atomic mass is 16.5. The number of carbonyl (C=O) groups excluding carboxylic acids is 2. The van der Waals surface area contributed by atoms with Crippen LogP contribution in [-0.4, -0.2) is 60.1 Å². The Labute approximate surface area is 112 Å². The molecule has 1 fully saturated rings. The molecule has 1 aliphatic rings. The predicted molar refractivity (Wildman–Crippen MR) is 68.7 cm³/mol. The number of hydrogen-bond acceptors (Lipinski definition) is 4. The lowest BCUT2D eigenvalue weighted by Gasteiger charge is -2.21. The van der Waals surface area contributed by atoms with Gasteiger partial charge in [-0.1, -0.05) is 6.07 Å². The van der Waals surface area contributed by atoms with Crippen LogP contribution in [0, 0.1) is 0 Å². The summed E-state index contributed by atoms with van der Waals surface area (Å²) in [5.74, 6) is -0.0904. The third-order valence-electron chi connectivity index (χ3n) is 3.10. The zero-order chi connectivity index (χ0) is 13.7. The molecule has 0 aliphatic carbocycles. The maximum Gasteiger partial charge on any atom is 0.409 e. The summed E-state index contributed by atoms with van der Waals surface area (Å²) in [5, 5.41) is 0. The molecule has 1 aliphatic heterocycles. The van der Waals surface area contributed by atoms with Gasteiger partial charge in [0.15, 0.2) is 0 Å². The Balaban J connectivity index is 2.00. The van der Waals surface area contributed by atoms with Crippen LogP contribution in [0.3, 0.4) is 0 Å². The molecule has 6 nitrogen and oxygen atoms in total. The highest BCUT2D eigenvalue weighted by Gasteiger charge is 2.23.